The van der Waals surface area contributed by atoms with E-state index in [1.807, 2.05) is 31.2 Å². The number of nitrogen functional groups attached to an aromatic ring is 1. The predicted octanol–water partition coefficient (Wildman–Crippen LogP) is 2.48. The molecule has 0 atom stereocenters. The number of aromatic nitrogens is 1. The van der Waals surface area contributed by atoms with Gasteiger partial charge in [-0.2, -0.15) is 0 Å². The maximum absolute atomic E-state index is 11.6. The van der Waals surface area contributed by atoms with E-state index in [0.29, 0.717) is 12.1 Å². The van der Waals surface area contributed by atoms with E-state index < -0.39 is 0 Å². The number of esters is 1. The van der Waals surface area contributed by atoms with Crippen LogP contribution < -0.4 is 10.6 Å². The van der Waals surface area contributed by atoms with Gasteiger partial charge in [-0.1, -0.05) is 12.1 Å². The zero-order chi connectivity index (χ0) is 15.2. The van der Waals surface area contributed by atoms with E-state index in [4.69, 9.17) is 10.5 Å². The Morgan fingerprint density at radius 3 is 2.62 bits per heavy atom. The Kier molecular flexibility index (Phi) is 4.77. The first kappa shape index (κ1) is 14.8. The van der Waals surface area contributed by atoms with Gasteiger partial charge in [-0.05, 0) is 36.8 Å². The highest BCUT2D eigenvalue weighted by Crippen LogP contribution is 2.17. The highest BCUT2D eigenvalue weighted by Gasteiger charge is 2.11. The van der Waals surface area contributed by atoms with Gasteiger partial charge in [-0.15, -0.1) is 0 Å². The minimum atomic E-state index is -0.359. The van der Waals surface area contributed by atoms with Gasteiger partial charge in [-0.25, -0.2) is 9.78 Å². The van der Waals surface area contributed by atoms with E-state index in [0.717, 1.165) is 23.6 Å². The molecular weight excluding hydrogens is 266 g/mol. The molecule has 1 aromatic carbocycles. The molecule has 0 aliphatic rings. The van der Waals surface area contributed by atoms with Crippen LogP contribution in [0.3, 0.4) is 0 Å². The lowest BCUT2D eigenvalue weighted by atomic mass is 10.2. The number of nitrogens with two attached hydrogens (primary N) is 1. The molecule has 0 saturated carbocycles. The van der Waals surface area contributed by atoms with Crippen LogP contribution in [0, 0.1) is 0 Å². The fourth-order valence-corrected chi connectivity index (χ4v) is 2.03. The molecule has 2 aromatic rings. The molecule has 2 rings (SSSR count). The summed E-state index contributed by atoms with van der Waals surface area (Å²) in [6, 6.07) is 11.1. The van der Waals surface area contributed by atoms with Crippen LogP contribution in [0.1, 0.15) is 22.8 Å². The summed E-state index contributed by atoms with van der Waals surface area (Å²) < 4.78 is 4.74. The molecule has 0 amide bonds. The molecule has 5 nitrogen and oxygen atoms in total. The third-order valence-corrected chi connectivity index (χ3v) is 3.23. The van der Waals surface area contributed by atoms with Crippen molar-refractivity contribution >= 4 is 17.5 Å². The van der Waals surface area contributed by atoms with Gasteiger partial charge in [0, 0.05) is 25.0 Å². The lowest BCUT2D eigenvalue weighted by Crippen LogP contribution is -2.23. The van der Waals surface area contributed by atoms with Gasteiger partial charge in [0.15, 0.2) is 0 Å². The lowest BCUT2D eigenvalue weighted by molar-refractivity contribution is 0.0600. The van der Waals surface area contributed by atoms with Crippen molar-refractivity contribution in [3.63, 3.8) is 0 Å². The van der Waals surface area contributed by atoms with E-state index in [-0.39, 0.29) is 5.97 Å². The molecule has 0 radical (unpaired) electrons. The molecule has 0 bridgehead atoms. The Labute approximate surface area is 124 Å². The van der Waals surface area contributed by atoms with Gasteiger partial charge in [0.1, 0.15) is 5.82 Å². The molecular formula is C16H19N3O2. The minimum Gasteiger partial charge on any atom is -0.465 e. The number of anilines is 2. The standard InChI is InChI=1S/C16H19N3O2/c1-3-19(11-12-4-6-14(17)7-5-12)15-10-13(8-9-18-15)16(20)21-2/h4-10H,3,11,17H2,1-2H3. The average Bonchev–Trinajstić information content (AvgIpc) is 2.53. The molecule has 0 unspecified atom stereocenters. The van der Waals surface area contributed by atoms with Crippen LogP contribution in [0.5, 0.6) is 0 Å². The SMILES string of the molecule is CCN(Cc1ccc(N)cc1)c1cc(C(=O)OC)ccn1. The number of methoxy groups -OCH3 is 1. The predicted molar refractivity (Wildman–Crippen MR) is 83.2 cm³/mol. The van der Waals surface area contributed by atoms with Gasteiger partial charge in [0.05, 0.1) is 12.7 Å². The van der Waals surface area contributed by atoms with Crippen LogP contribution in [0.4, 0.5) is 11.5 Å². The van der Waals surface area contributed by atoms with Crippen molar-refractivity contribution < 1.29 is 9.53 Å². The van der Waals surface area contributed by atoms with Crippen molar-refractivity contribution in [3.8, 4) is 0 Å². The Balaban J connectivity index is 2.20. The molecule has 1 aromatic heterocycles. The largest absolute Gasteiger partial charge is 0.465 e. The maximum atomic E-state index is 11.6. The van der Waals surface area contributed by atoms with Gasteiger partial charge in [0.2, 0.25) is 0 Å². The quantitative estimate of drug-likeness (QED) is 0.675. The molecule has 5 heteroatoms. The first-order valence-electron chi connectivity index (χ1n) is 6.77. The maximum Gasteiger partial charge on any atom is 0.338 e. The zero-order valence-electron chi connectivity index (χ0n) is 12.2. The average molecular weight is 285 g/mol. The first-order chi connectivity index (χ1) is 10.1. The monoisotopic (exact) mass is 285 g/mol. The van der Waals surface area contributed by atoms with E-state index in [1.165, 1.54) is 7.11 Å². The van der Waals surface area contributed by atoms with Crippen LogP contribution >= 0.6 is 0 Å². The molecule has 2 N–H and O–H groups in total. The van der Waals surface area contributed by atoms with Crippen LogP contribution in [-0.2, 0) is 11.3 Å². The van der Waals surface area contributed by atoms with Gasteiger partial charge in [-0.3, -0.25) is 0 Å². The smallest absolute Gasteiger partial charge is 0.338 e. The van der Waals surface area contributed by atoms with Crippen LogP contribution in [0.2, 0.25) is 0 Å². The molecule has 0 fully saturated rings. The number of pyridine rings is 1. The van der Waals surface area contributed by atoms with Crippen LogP contribution in [0.15, 0.2) is 42.6 Å². The number of nitrogens with zero attached hydrogens (tertiary/aromatic N) is 2. The van der Waals surface area contributed by atoms with E-state index in [9.17, 15) is 4.79 Å². The van der Waals surface area contributed by atoms with Crippen molar-refractivity contribution in [2.24, 2.45) is 0 Å². The van der Waals surface area contributed by atoms with Gasteiger partial charge >= 0.3 is 5.97 Å². The highest BCUT2D eigenvalue weighted by molar-refractivity contribution is 5.90. The third-order valence-electron chi connectivity index (χ3n) is 3.23. The number of hydrogen-bond acceptors (Lipinski definition) is 5. The van der Waals surface area contributed by atoms with Crippen molar-refractivity contribution in [1.82, 2.24) is 4.98 Å². The van der Waals surface area contributed by atoms with E-state index >= 15 is 0 Å². The first-order valence-corrected chi connectivity index (χ1v) is 6.77. The summed E-state index contributed by atoms with van der Waals surface area (Å²) >= 11 is 0. The molecule has 0 aliphatic carbocycles. The summed E-state index contributed by atoms with van der Waals surface area (Å²) in [4.78, 5) is 18.0. The fourth-order valence-electron chi connectivity index (χ4n) is 2.03. The normalized spacial score (nSPS) is 10.2. The molecule has 110 valence electrons. The highest BCUT2D eigenvalue weighted by atomic mass is 16.5. The summed E-state index contributed by atoms with van der Waals surface area (Å²) in [7, 11) is 1.37. The summed E-state index contributed by atoms with van der Waals surface area (Å²) in [6.45, 7) is 3.53. The second-order valence-electron chi connectivity index (χ2n) is 4.65. The third kappa shape index (κ3) is 3.72. The molecule has 1 heterocycles. The lowest BCUT2D eigenvalue weighted by Gasteiger charge is -2.22. The summed E-state index contributed by atoms with van der Waals surface area (Å²) in [5.74, 6) is 0.388. The summed E-state index contributed by atoms with van der Waals surface area (Å²) in [6.07, 6.45) is 1.62. The summed E-state index contributed by atoms with van der Waals surface area (Å²) in [5, 5.41) is 0. The number of carbonyl (C=O) groups excluding carboxylic acids is 1. The molecule has 0 spiro atoms. The van der Waals surface area contributed by atoms with Gasteiger partial charge in [0.25, 0.3) is 0 Å². The minimum absolute atomic E-state index is 0.359. The second kappa shape index (κ2) is 6.74. The Bertz CT molecular complexity index is 611. The Morgan fingerprint density at radius 1 is 1.29 bits per heavy atom. The molecule has 0 saturated heterocycles. The Morgan fingerprint density at radius 2 is 2.00 bits per heavy atom. The number of carbonyl (C=O) groups is 1. The van der Waals surface area contributed by atoms with Crippen molar-refractivity contribution in [2.45, 2.75) is 13.5 Å². The number of hydrogen-bond donors (Lipinski definition) is 1. The number of benzene rings is 1. The molecule has 21 heavy (non-hydrogen) atoms. The van der Waals surface area contributed by atoms with Crippen molar-refractivity contribution in [2.75, 3.05) is 24.3 Å². The van der Waals surface area contributed by atoms with E-state index in [2.05, 4.69) is 9.88 Å². The molecule has 0 aliphatic heterocycles. The number of ether oxygens (including phenoxy) is 1. The van der Waals surface area contributed by atoms with Crippen molar-refractivity contribution in [3.05, 3.63) is 53.7 Å². The van der Waals surface area contributed by atoms with Crippen molar-refractivity contribution in [1.29, 1.82) is 0 Å². The number of rotatable bonds is 5. The Hall–Kier alpha value is -2.56. The van der Waals surface area contributed by atoms with Crippen LogP contribution in [-0.4, -0.2) is 24.6 Å². The zero-order valence-corrected chi connectivity index (χ0v) is 12.2. The second-order valence-corrected chi connectivity index (χ2v) is 4.65. The summed E-state index contributed by atoms with van der Waals surface area (Å²) in [5.41, 5.74) is 8.07. The van der Waals surface area contributed by atoms with Crippen LogP contribution in [0.25, 0.3) is 0 Å². The van der Waals surface area contributed by atoms with Gasteiger partial charge < -0.3 is 15.4 Å². The topological polar surface area (TPSA) is 68.5 Å². The fraction of sp³-hybridized carbons (Fsp3) is 0.250. The van der Waals surface area contributed by atoms with E-state index in [1.54, 1.807) is 18.3 Å².